The Balaban J connectivity index is 2.14. The molecule has 0 spiro atoms. The first-order valence-corrected chi connectivity index (χ1v) is 5.33. The van der Waals surface area contributed by atoms with Crippen molar-refractivity contribution < 1.29 is 4.63 Å². The molecule has 0 saturated carbocycles. The normalized spacial score (nSPS) is 10.4. The van der Waals surface area contributed by atoms with Gasteiger partial charge in [-0.2, -0.15) is 0 Å². The summed E-state index contributed by atoms with van der Waals surface area (Å²) in [4.78, 5) is 0. The number of para-hydroxylation sites is 1. The molecule has 1 N–H and O–H groups in total. The lowest BCUT2D eigenvalue weighted by Gasteiger charge is -2.09. The van der Waals surface area contributed by atoms with Crippen LogP contribution >= 0.6 is 11.6 Å². The van der Waals surface area contributed by atoms with Crippen LogP contribution in [0.3, 0.4) is 0 Å². The molecule has 0 atom stereocenters. The maximum Gasteiger partial charge on any atom is 0.127 e. The molecule has 1 aromatic heterocycles. The van der Waals surface area contributed by atoms with Gasteiger partial charge in [-0.3, -0.25) is 0 Å². The molecular formula is C11H12ClN3O. The highest BCUT2D eigenvalue weighted by Gasteiger charge is 2.07. The fourth-order valence-electron chi connectivity index (χ4n) is 1.44. The standard InChI is InChI=1S/C11H12ClN3O/c1-7-4-3-5-9(12)11(7)13-6-10-8(2)14-16-15-10/h3-5,13H,6H2,1-2H3. The summed E-state index contributed by atoms with van der Waals surface area (Å²) >= 11 is 6.09. The number of halogens is 1. The Morgan fingerprint density at radius 1 is 1.31 bits per heavy atom. The molecule has 2 rings (SSSR count). The summed E-state index contributed by atoms with van der Waals surface area (Å²) in [6.07, 6.45) is 0. The van der Waals surface area contributed by atoms with Crippen LogP contribution in [-0.2, 0) is 6.54 Å². The Bertz CT molecular complexity index is 475. The Kier molecular flexibility index (Phi) is 3.10. The van der Waals surface area contributed by atoms with E-state index in [1.54, 1.807) is 0 Å². The average molecular weight is 238 g/mol. The average Bonchev–Trinajstić information content (AvgIpc) is 2.64. The van der Waals surface area contributed by atoms with E-state index in [2.05, 4.69) is 20.3 Å². The van der Waals surface area contributed by atoms with Crippen molar-refractivity contribution in [3.8, 4) is 0 Å². The van der Waals surface area contributed by atoms with E-state index in [-0.39, 0.29) is 0 Å². The van der Waals surface area contributed by atoms with Gasteiger partial charge in [0.1, 0.15) is 11.4 Å². The minimum Gasteiger partial charge on any atom is -0.378 e. The number of rotatable bonds is 3. The lowest BCUT2D eigenvalue weighted by Crippen LogP contribution is -2.03. The van der Waals surface area contributed by atoms with Crippen molar-refractivity contribution in [1.29, 1.82) is 0 Å². The molecule has 0 radical (unpaired) electrons. The van der Waals surface area contributed by atoms with E-state index in [0.29, 0.717) is 11.6 Å². The third-order valence-corrected chi connectivity index (χ3v) is 2.72. The topological polar surface area (TPSA) is 51.0 Å². The zero-order valence-corrected chi connectivity index (χ0v) is 9.88. The Hall–Kier alpha value is -1.55. The van der Waals surface area contributed by atoms with Gasteiger partial charge in [-0.05, 0) is 25.5 Å². The molecule has 0 aliphatic rings. The number of nitrogens with zero attached hydrogens (tertiary/aromatic N) is 2. The molecule has 16 heavy (non-hydrogen) atoms. The predicted molar refractivity (Wildman–Crippen MR) is 62.6 cm³/mol. The summed E-state index contributed by atoms with van der Waals surface area (Å²) in [5, 5.41) is 11.4. The van der Waals surface area contributed by atoms with Gasteiger partial charge in [-0.25, -0.2) is 4.63 Å². The minimum atomic E-state index is 0.555. The van der Waals surface area contributed by atoms with Crippen molar-refractivity contribution in [1.82, 2.24) is 10.3 Å². The molecular weight excluding hydrogens is 226 g/mol. The van der Waals surface area contributed by atoms with Crippen LogP contribution in [0, 0.1) is 13.8 Å². The highest BCUT2D eigenvalue weighted by Crippen LogP contribution is 2.25. The van der Waals surface area contributed by atoms with Crippen LogP contribution in [-0.4, -0.2) is 10.3 Å². The van der Waals surface area contributed by atoms with E-state index in [4.69, 9.17) is 11.6 Å². The van der Waals surface area contributed by atoms with Gasteiger partial charge in [0.15, 0.2) is 0 Å². The number of benzene rings is 1. The second kappa shape index (κ2) is 4.53. The molecule has 84 valence electrons. The molecule has 0 amide bonds. The number of nitrogens with one attached hydrogen (secondary N) is 1. The quantitative estimate of drug-likeness (QED) is 0.892. The fourth-order valence-corrected chi connectivity index (χ4v) is 1.73. The van der Waals surface area contributed by atoms with Crippen LogP contribution in [0.25, 0.3) is 0 Å². The maximum absolute atomic E-state index is 6.09. The number of hydrogen-bond donors (Lipinski definition) is 1. The summed E-state index contributed by atoms with van der Waals surface area (Å²) in [5.74, 6) is 0. The molecule has 0 saturated heterocycles. The molecule has 4 nitrogen and oxygen atoms in total. The lowest BCUT2D eigenvalue weighted by atomic mass is 10.2. The first-order chi connectivity index (χ1) is 7.68. The summed E-state index contributed by atoms with van der Waals surface area (Å²) in [5.41, 5.74) is 3.60. The van der Waals surface area contributed by atoms with Gasteiger partial charge < -0.3 is 5.32 Å². The van der Waals surface area contributed by atoms with Crippen molar-refractivity contribution in [3.05, 3.63) is 40.2 Å². The Morgan fingerprint density at radius 3 is 2.75 bits per heavy atom. The Labute approximate surface area is 98.6 Å². The monoisotopic (exact) mass is 237 g/mol. The van der Waals surface area contributed by atoms with Crippen LogP contribution in [0.4, 0.5) is 5.69 Å². The van der Waals surface area contributed by atoms with E-state index in [0.717, 1.165) is 22.6 Å². The number of hydrogen-bond acceptors (Lipinski definition) is 4. The minimum absolute atomic E-state index is 0.555. The van der Waals surface area contributed by atoms with E-state index < -0.39 is 0 Å². The fraction of sp³-hybridized carbons (Fsp3) is 0.273. The largest absolute Gasteiger partial charge is 0.378 e. The van der Waals surface area contributed by atoms with Crippen LogP contribution in [0.1, 0.15) is 17.0 Å². The molecule has 0 aliphatic carbocycles. The lowest BCUT2D eigenvalue weighted by molar-refractivity contribution is 0.301. The third-order valence-electron chi connectivity index (χ3n) is 2.40. The number of aryl methyl sites for hydroxylation is 2. The molecule has 2 aromatic rings. The Morgan fingerprint density at radius 2 is 2.12 bits per heavy atom. The summed E-state index contributed by atoms with van der Waals surface area (Å²) < 4.78 is 4.62. The van der Waals surface area contributed by atoms with Gasteiger partial charge >= 0.3 is 0 Å². The summed E-state index contributed by atoms with van der Waals surface area (Å²) in [7, 11) is 0. The summed E-state index contributed by atoms with van der Waals surface area (Å²) in [6.45, 7) is 4.41. The first kappa shape index (κ1) is 11.0. The third kappa shape index (κ3) is 2.17. The van der Waals surface area contributed by atoms with Gasteiger partial charge in [0, 0.05) is 0 Å². The SMILES string of the molecule is Cc1cccc(Cl)c1NCc1nonc1C. The van der Waals surface area contributed by atoms with E-state index in [1.807, 2.05) is 32.0 Å². The van der Waals surface area contributed by atoms with Crippen LogP contribution < -0.4 is 5.32 Å². The van der Waals surface area contributed by atoms with Crippen LogP contribution in [0.2, 0.25) is 5.02 Å². The molecule has 0 bridgehead atoms. The first-order valence-electron chi connectivity index (χ1n) is 4.95. The summed E-state index contributed by atoms with van der Waals surface area (Å²) in [6, 6.07) is 5.78. The molecule has 0 aliphatic heterocycles. The van der Waals surface area contributed by atoms with Crippen LogP contribution in [0.5, 0.6) is 0 Å². The van der Waals surface area contributed by atoms with E-state index in [9.17, 15) is 0 Å². The molecule has 0 unspecified atom stereocenters. The van der Waals surface area contributed by atoms with E-state index in [1.165, 1.54) is 0 Å². The predicted octanol–water partition coefficient (Wildman–Crippen LogP) is 2.95. The molecule has 1 heterocycles. The van der Waals surface area contributed by atoms with Crippen molar-refractivity contribution >= 4 is 17.3 Å². The van der Waals surface area contributed by atoms with Crippen molar-refractivity contribution in [2.75, 3.05) is 5.32 Å². The van der Waals surface area contributed by atoms with Crippen molar-refractivity contribution in [2.45, 2.75) is 20.4 Å². The van der Waals surface area contributed by atoms with Gasteiger partial charge in [0.2, 0.25) is 0 Å². The second-order valence-electron chi connectivity index (χ2n) is 3.58. The van der Waals surface area contributed by atoms with Crippen molar-refractivity contribution in [3.63, 3.8) is 0 Å². The van der Waals surface area contributed by atoms with Gasteiger partial charge in [-0.1, -0.05) is 34.0 Å². The smallest absolute Gasteiger partial charge is 0.127 e. The van der Waals surface area contributed by atoms with Gasteiger partial charge in [0.05, 0.1) is 17.3 Å². The molecule has 5 heteroatoms. The number of anilines is 1. The van der Waals surface area contributed by atoms with Crippen molar-refractivity contribution in [2.24, 2.45) is 0 Å². The number of aromatic nitrogens is 2. The highest BCUT2D eigenvalue weighted by atomic mass is 35.5. The highest BCUT2D eigenvalue weighted by molar-refractivity contribution is 6.33. The van der Waals surface area contributed by atoms with Gasteiger partial charge in [-0.15, -0.1) is 0 Å². The zero-order chi connectivity index (χ0) is 11.5. The van der Waals surface area contributed by atoms with Crippen LogP contribution in [0.15, 0.2) is 22.8 Å². The molecule has 1 aromatic carbocycles. The maximum atomic E-state index is 6.09. The van der Waals surface area contributed by atoms with E-state index >= 15 is 0 Å². The zero-order valence-electron chi connectivity index (χ0n) is 9.12. The second-order valence-corrected chi connectivity index (χ2v) is 3.99. The van der Waals surface area contributed by atoms with Gasteiger partial charge in [0.25, 0.3) is 0 Å². The molecule has 0 fully saturated rings.